The molecule has 2 fully saturated rings. The normalized spacial score (nSPS) is 34.6. The molecule has 0 spiro atoms. The van der Waals surface area contributed by atoms with Gasteiger partial charge in [0.15, 0.2) is 0 Å². The summed E-state index contributed by atoms with van der Waals surface area (Å²) in [5.41, 5.74) is 0. The first-order chi connectivity index (χ1) is 7.29. The largest absolute Gasteiger partial charge is 0.355 e. The summed E-state index contributed by atoms with van der Waals surface area (Å²) in [5.74, 6) is 0.237. The fourth-order valence-electron chi connectivity index (χ4n) is 2.56. The summed E-state index contributed by atoms with van der Waals surface area (Å²) in [6, 6.07) is 0.595. The molecular formula is C11H21N3O. The molecule has 15 heavy (non-hydrogen) atoms. The molecule has 86 valence electrons. The minimum atomic E-state index is 0.115. The van der Waals surface area contributed by atoms with Crippen molar-refractivity contribution in [2.24, 2.45) is 0 Å². The highest BCUT2D eigenvalue weighted by Gasteiger charge is 2.31. The Bertz CT molecular complexity index is 232. The summed E-state index contributed by atoms with van der Waals surface area (Å²) in [7, 11) is 0. The Labute approximate surface area is 91.4 Å². The number of amides is 1. The molecule has 0 aromatic rings. The third-order valence-electron chi connectivity index (χ3n) is 3.46. The van der Waals surface area contributed by atoms with Gasteiger partial charge in [-0.1, -0.05) is 0 Å². The van der Waals surface area contributed by atoms with Crippen LogP contribution >= 0.6 is 0 Å². The molecule has 4 heteroatoms. The van der Waals surface area contributed by atoms with E-state index in [9.17, 15) is 4.79 Å². The van der Waals surface area contributed by atoms with Crippen LogP contribution in [-0.2, 0) is 4.79 Å². The molecule has 0 aromatic heterocycles. The zero-order valence-electron chi connectivity index (χ0n) is 9.46. The lowest BCUT2D eigenvalue weighted by molar-refractivity contribution is -0.127. The van der Waals surface area contributed by atoms with Crippen LogP contribution in [0.25, 0.3) is 0 Å². The van der Waals surface area contributed by atoms with Gasteiger partial charge in [-0.25, -0.2) is 0 Å². The molecule has 2 atom stereocenters. The number of piperazine rings is 1. The second-order valence-corrected chi connectivity index (χ2v) is 4.59. The zero-order valence-corrected chi connectivity index (χ0v) is 9.46. The number of nitrogens with zero attached hydrogens (tertiary/aromatic N) is 1. The van der Waals surface area contributed by atoms with Crippen molar-refractivity contribution in [1.29, 1.82) is 0 Å². The topological polar surface area (TPSA) is 44.4 Å². The standard InChI is InChI=1S/C11H21N3O/c1-9-8-12-6-7-14(9)10-4-2-3-5-13-11(10)15/h9-10,12H,2-8H2,1H3,(H,13,15)/t9-,10?/m0/s1. The molecule has 1 unspecified atom stereocenters. The monoisotopic (exact) mass is 211 g/mol. The molecule has 0 aliphatic carbocycles. The van der Waals surface area contributed by atoms with E-state index in [0.717, 1.165) is 39.0 Å². The highest BCUT2D eigenvalue weighted by atomic mass is 16.2. The van der Waals surface area contributed by atoms with Crippen LogP contribution in [0, 0.1) is 0 Å². The quantitative estimate of drug-likeness (QED) is 0.639. The fraction of sp³-hybridized carbons (Fsp3) is 0.909. The molecule has 2 heterocycles. The van der Waals surface area contributed by atoms with Crippen molar-refractivity contribution < 1.29 is 4.79 Å². The van der Waals surface area contributed by atoms with Crippen molar-refractivity contribution in [2.45, 2.75) is 38.3 Å². The molecule has 0 saturated carbocycles. The second-order valence-electron chi connectivity index (χ2n) is 4.59. The summed E-state index contributed by atoms with van der Waals surface area (Å²) in [4.78, 5) is 14.2. The van der Waals surface area contributed by atoms with Crippen molar-refractivity contribution in [3.8, 4) is 0 Å². The van der Waals surface area contributed by atoms with Gasteiger partial charge in [0.1, 0.15) is 0 Å². The zero-order chi connectivity index (χ0) is 10.7. The Morgan fingerprint density at radius 1 is 1.33 bits per heavy atom. The van der Waals surface area contributed by atoms with Gasteiger partial charge >= 0.3 is 0 Å². The lowest BCUT2D eigenvalue weighted by Crippen LogP contribution is -2.57. The first-order valence-electron chi connectivity index (χ1n) is 6.03. The summed E-state index contributed by atoms with van der Waals surface area (Å²) >= 11 is 0. The van der Waals surface area contributed by atoms with Gasteiger partial charge in [0.05, 0.1) is 6.04 Å². The first-order valence-corrected chi connectivity index (χ1v) is 6.03. The van der Waals surface area contributed by atoms with Gasteiger partial charge in [-0.05, 0) is 26.2 Å². The third-order valence-corrected chi connectivity index (χ3v) is 3.46. The highest BCUT2D eigenvalue weighted by Crippen LogP contribution is 2.16. The van der Waals surface area contributed by atoms with Crippen molar-refractivity contribution in [3.63, 3.8) is 0 Å². The Kier molecular flexibility index (Phi) is 3.59. The number of rotatable bonds is 1. The van der Waals surface area contributed by atoms with Gasteiger partial charge in [0, 0.05) is 32.2 Å². The summed E-state index contributed by atoms with van der Waals surface area (Å²) in [5, 5.41) is 6.37. The molecule has 0 bridgehead atoms. The summed E-state index contributed by atoms with van der Waals surface area (Å²) in [6.45, 7) is 6.07. The Morgan fingerprint density at radius 2 is 2.20 bits per heavy atom. The summed E-state index contributed by atoms with van der Waals surface area (Å²) in [6.07, 6.45) is 3.32. The molecule has 2 aliphatic rings. The van der Waals surface area contributed by atoms with E-state index in [2.05, 4.69) is 22.5 Å². The maximum atomic E-state index is 11.9. The number of hydrogen-bond acceptors (Lipinski definition) is 3. The van der Waals surface area contributed by atoms with E-state index in [4.69, 9.17) is 0 Å². The van der Waals surface area contributed by atoms with Crippen LogP contribution in [0.4, 0.5) is 0 Å². The van der Waals surface area contributed by atoms with Crippen molar-refractivity contribution in [2.75, 3.05) is 26.2 Å². The van der Waals surface area contributed by atoms with Crippen LogP contribution in [0.5, 0.6) is 0 Å². The van der Waals surface area contributed by atoms with Crippen molar-refractivity contribution in [3.05, 3.63) is 0 Å². The van der Waals surface area contributed by atoms with Crippen molar-refractivity contribution in [1.82, 2.24) is 15.5 Å². The van der Waals surface area contributed by atoms with Crippen LogP contribution in [-0.4, -0.2) is 49.1 Å². The van der Waals surface area contributed by atoms with Gasteiger partial charge in [-0.2, -0.15) is 0 Å². The first kappa shape index (κ1) is 10.9. The lowest BCUT2D eigenvalue weighted by atomic mass is 10.1. The lowest BCUT2D eigenvalue weighted by Gasteiger charge is -2.38. The number of carbonyl (C=O) groups excluding carboxylic acids is 1. The van der Waals surface area contributed by atoms with Crippen LogP contribution < -0.4 is 10.6 Å². The van der Waals surface area contributed by atoms with Crippen LogP contribution in [0.2, 0.25) is 0 Å². The molecule has 2 saturated heterocycles. The Morgan fingerprint density at radius 3 is 3.00 bits per heavy atom. The Balaban J connectivity index is 2.02. The van der Waals surface area contributed by atoms with Crippen molar-refractivity contribution >= 4 is 5.91 Å². The number of carbonyl (C=O) groups is 1. The SMILES string of the molecule is C[C@H]1CNCCN1C1CCCCNC1=O. The van der Waals surface area contributed by atoms with Crippen LogP contribution in [0.15, 0.2) is 0 Å². The number of nitrogens with one attached hydrogen (secondary N) is 2. The molecule has 2 rings (SSSR count). The third kappa shape index (κ3) is 2.49. The molecule has 2 N–H and O–H groups in total. The van der Waals surface area contributed by atoms with E-state index >= 15 is 0 Å². The van der Waals surface area contributed by atoms with E-state index < -0.39 is 0 Å². The average Bonchev–Trinajstić information content (AvgIpc) is 2.44. The van der Waals surface area contributed by atoms with Crippen LogP contribution in [0.3, 0.4) is 0 Å². The molecule has 0 radical (unpaired) electrons. The highest BCUT2D eigenvalue weighted by molar-refractivity contribution is 5.82. The molecule has 2 aliphatic heterocycles. The maximum Gasteiger partial charge on any atom is 0.237 e. The predicted molar refractivity (Wildman–Crippen MR) is 59.7 cm³/mol. The van der Waals surface area contributed by atoms with E-state index in [-0.39, 0.29) is 11.9 Å². The number of hydrogen-bond donors (Lipinski definition) is 2. The minimum absolute atomic E-state index is 0.115. The van der Waals surface area contributed by atoms with E-state index in [1.165, 1.54) is 6.42 Å². The van der Waals surface area contributed by atoms with Gasteiger partial charge in [-0.3, -0.25) is 9.69 Å². The van der Waals surface area contributed by atoms with Crippen LogP contribution in [0.1, 0.15) is 26.2 Å². The van der Waals surface area contributed by atoms with Gasteiger partial charge in [0.2, 0.25) is 5.91 Å². The van der Waals surface area contributed by atoms with Gasteiger partial charge < -0.3 is 10.6 Å². The van der Waals surface area contributed by atoms with Gasteiger partial charge in [0.25, 0.3) is 0 Å². The van der Waals surface area contributed by atoms with E-state index in [0.29, 0.717) is 6.04 Å². The predicted octanol–water partition coefficient (Wildman–Crippen LogP) is -0.0512. The Hall–Kier alpha value is -0.610. The average molecular weight is 211 g/mol. The molecule has 4 nitrogen and oxygen atoms in total. The van der Waals surface area contributed by atoms with E-state index in [1.807, 2.05) is 0 Å². The fourth-order valence-corrected chi connectivity index (χ4v) is 2.56. The second kappa shape index (κ2) is 4.94. The minimum Gasteiger partial charge on any atom is -0.355 e. The molecule has 0 aromatic carbocycles. The molecule has 1 amide bonds. The maximum absolute atomic E-state index is 11.9. The van der Waals surface area contributed by atoms with Gasteiger partial charge in [-0.15, -0.1) is 0 Å². The smallest absolute Gasteiger partial charge is 0.237 e. The molecular weight excluding hydrogens is 190 g/mol. The summed E-state index contributed by atoms with van der Waals surface area (Å²) < 4.78 is 0. The van der Waals surface area contributed by atoms with E-state index in [1.54, 1.807) is 0 Å².